The molecular weight excluding hydrogens is 248 g/mol. The minimum atomic E-state index is -1.98. The van der Waals surface area contributed by atoms with Crippen molar-refractivity contribution in [2.24, 2.45) is 0 Å². The number of amides is 1. The van der Waals surface area contributed by atoms with Gasteiger partial charge in [-0.3, -0.25) is 4.79 Å². The molecule has 1 aromatic heterocycles. The number of aromatic amines is 1. The van der Waals surface area contributed by atoms with Gasteiger partial charge in [0.1, 0.15) is 0 Å². The average molecular weight is 262 g/mol. The van der Waals surface area contributed by atoms with Crippen molar-refractivity contribution in [3.05, 3.63) is 36.0 Å². The van der Waals surface area contributed by atoms with Gasteiger partial charge >= 0.3 is 5.97 Å². The Morgan fingerprint density at radius 1 is 1.37 bits per heavy atom. The molecule has 1 unspecified atom stereocenters. The van der Waals surface area contributed by atoms with Crippen molar-refractivity contribution >= 4 is 22.8 Å². The zero-order valence-electron chi connectivity index (χ0n) is 10.3. The van der Waals surface area contributed by atoms with Crippen molar-refractivity contribution in [3.63, 3.8) is 0 Å². The Kier molecular flexibility index (Phi) is 3.26. The number of aliphatic carboxylic acids is 1. The summed E-state index contributed by atoms with van der Waals surface area (Å²) in [5.41, 5.74) is -0.764. The van der Waals surface area contributed by atoms with Gasteiger partial charge in [0.2, 0.25) is 0 Å². The van der Waals surface area contributed by atoms with Crippen LogP contribution in [0.25, 0.3) is 10.9 Å². The second-order valence-corrected chi connectivity index (χ2v) is 4.54. The first-order valence-corrected chi connectivity index (χ1v) is 5.71. The third-order valence-electron chi connectivity index (χ3n) is 2.87. The summed E-state index contributed by atoms with van der Waals surface area (Å²) in [5, 5.41) is 21.6. The summed E-state index contributed by atoms with van der Waals surface area (Å²) in [6.45, 7) is 0.772. The predicted molar refractivity (Wildman–Crippen MR) is 68.9 cm³/mol. The Balaban J connectivity index is 2.09. The fourth-order valence-corrected chi connectivity index (χ4v) is 1.62. The Morgan fingerprint density at radius 2 is 2.11 bits per heavy atom. The highest BCUT2D eigenvalue weighted by atomic mass is 16.4. The monoisotopic (exact) mass is 262 g/mol. The Bertz CT molecular complexity index is 630. The van der Waals surface area contributed by atoms with Crippen LogP contribution >= 0.6 is 0 Å². The molecule has 6 heteroatoms. The number of nitrogens with one attached hydrogen (secondary N) is 2. The highest BCUT2D eigenvalue weighted by molar-refractivity contribution is 5.98. The molecule has 1 atom stereocenters. The van der Waals surface area contributed by atoms with Crippen LogP contribution in [-0.4, -0.2) is 39.2 Å². The predicted octanol–water partition coefficient (Wildman–Crippen LogP) is 0.733. The molecule has 0 spiro atoms. The minimum absolute atomic E-state index is 0.357. The van der Waals surface area contributed by atoms with Gasteiger partial charge < -0.3 is 20.5 Å². The van der Waals surface area contributed by atoms with Crippen LogP contribution in [0.3, 0.4) is 0 Å². The average Bonchev–Trinajstić information content (AvgIpc) is 2.82. The number of carboxylic acids is 1. The van der Waals surface area contributed by atoms with E-state index in [0.29, 0.717) is 5.56 Å². The van der Waals surface area contributed by atoms with Gasteiger partial charge in [-0.05, 0) is 30.5 Å². The molecule has 0 fully saturated rings. The normalized spacial score (nSPS) is 14.0. The first-order valence-electron chi connectivity index (χ1n) is 5.71. The Labute approximate surface area is 109 Å². The summed E-state index contributed by atoms with van der Waals surface area (Å²) in [5.74, 6) is -1.81. The highest BCUT2D eigenvalue weighted by Gasteiger charge is 2.30. The van der Waals surface area contributed by atoms with Crippen LogP contribution in [0, 0.1) is 0 Å². The molecule has 4 N–H and O–H groups in total. The molecule has 2 rings (SSSR count). The molecule has 1 heterocycles. The van der Waals surface area contributed by atoms with E-state index in [2.05, 4.69) is 10.3 Å². The number of carbonyl (C=O) groups excluding carboxylic acids is 1. The van der Waals surface area contributed by atoms with E-state index in [9.17, 15) is 14.7 Å². The van der Waals surface area contributed by atoms with Gasteiger partial charge in [0.25, 0.3) is 5.91 Å². The van der Waals surface area contributed by atoms with E-state index in [0.717, 1.165) is 17.8 Å². The zero-order valence-corrected chi connectivity index (χ0v) is 10.3. The van der Waals surface area contributed by atoms with E-state index >= 15 is 0 Å². The first-order chi connectivity index (χ1) is 8.90. The van der Waals surface area contributed by atoms with E-state index < -0.39 is 17.5 Å². The number of benzene rings is 1. The van der Waals surface area contributed by atoms with E-state index in [1.807, 2.05) is 6.07 Å². The van der Waals surface area contributed by atoms with Crippen LogP contribution in [0.5, 0.6) is 0 Å². The van der Waals surface area contributed by atoms with Crippen molar-refractivity contribution in [2.45, 2.75) is 12.5 Å². The number of aliphatic hydroxyl groups is 1. The SMILES string of the molecule is CC(O)(CNC(=O)c1ccc2cc[nH]c2c1)C(=O)O. The molecule has 0 radical (unpaired) electrons. The molecule has 0 aliphatic carbocycles. The van der Waals surface area contributed by atoms with E-state index in [1.165, 1.54) is 0 Å². The van der Waals surface area contributed by atoms with Crippen LogP contribution in [0.2, 0.25) is 0 Å². The maximum atomic E-state index is 11.9. The lowest BCUT2D eigenvalue weighted by atomic mass is 10.1. The Morgan fingerprint density at radius 3 is 2.79 bits per heavy atom. The van der Waals surface area contributed by atoms with Crippen LogP contribution in [0.4, 0.5) is 0 Å². The van der Waals surface area contributed by atoms with Gasteiger partial charge in [0.05, 0.1) is 6.54 Å². The van der Waals surface area contributed by atoms with Gasteiger partial charge in [-0.2, -0.15) is 0 Å². The number of hydrogen-bond donors (Lipinski definition) is 4. The second kappa shape index (κ2) is 4.74. The molecule has 2 aromatic rings. The number of fused-ring (bicyclic) bond motifs is 1. The summed E-state index contributed by atoms with van der Waals surface area (Å²) < 4.78 is 0. The zero-order chi connectivity index (χ0) is 14.0. The van der Waals surface area contributed by atoms with Crippen LogP contribution in [0.15, 0.2) is 30.5 Å². The van der Waals surface area contributed by atoms with Gasteiger partial charge in [-0.15, -0.1) is 0 Å². The van der Waals surface area contributed by atoms with Crippen LogP contribution in [-0.2, 0) is 4.79 Å². The Hall–Kier alpha value is -2.34. The van der Waals surface area contributed by atoms with Crippen molar-refractivity contribution in [3.8, 4) is 0 Å². The van der Waals surface area contributed by atoms with Gasteiger partial charge in [-0.1, -0.05) is 6.07 Å². The third kappa shape index (κ3) is 2.74. The minimum Gasteiger partial charge on any atom is -0.479 e. The van der Waals surface area contributed by atoms with Crippen molar-refractivity contribution in [1.29, 1.82) is 0 Å². The lowest BCUT2D eigenvalue weighted by Crippen LogP contribution is -2.46. The molecule has 1 amide bonds. The van der Waals surface area contributed by atoms with Crippen molar-refractivity contribution in [2.75, 3.05) is 6.54 Å². The molecule has 6 nitrogen and oxygen atoms in total. The number of aromatic nitrogens is 1. The number of rotatable bonds is 4. The largest absolute Gasteiger partial charge is 0.479 e. The maximum absolute atomic E-state index is 11.9. The number of H-pyrrole nitrogens is 1. The molecule has 0 aliphatic rings. The molecule has 0 bridgehead atoms. The fourth-order valence-electron chi connectivity index (χ4n) is 1.62. The summed E-state index contributed by atoms with van der Waals surface area (Å²) in [4.78, 5) is 25.5. The number of carboxylic acid groups (broad SMARTS) is 1. The molecule has 0 aliphatic heterocycles. The fraction of sp³-hybridized carbons (Fsp3) is 0.231. The standard InChI is InChI=1S/C13H14N2O4/c1-13(19,12(17)18)7-15-11(16)9-3-2-8-4-5-14-10(8)6-9/h2-6,14,19H,7H2,1H3,(H,15,16)(H,17,18). The molecule has 19 heavy (non-hydrogen) atoms. The topological polar surface area (TPSA) is 102 Å². The quantitative estimate of drug-likeness (QED) is 0.652. The first kappa shape index (κ1) is 13.1. The van der Waals surface area contributed by atoms with Crippen molar-refractivity contribution < 1.29 is 19.8 Å². The highest BCUT2D eigenvalue weighted by Crippen LogP contribution is 2.14. The molecule has 1 aromatic carbocycles. The van der Waals surface area contributed by atoms with Crippen LogP contribution < -0.4 is 5.32 Å². The smallest absolute Gasteiger partial charge is 0.337 e. The molecule has 0 saturated heterocycles. The molecule has 0 saturated carbocycles. The lowest BCUT2D eigenvalue weighted by molar-refractivity contribution is -0.155. The summed E-state index contributed by atoms with van der Waals surface area (Å²) in [7, 11) is 0. The number of carbonyl (C=O) groups is 2. The lowest BCUT2D eigenvalue weighted by Gasteiger charge is -2.18. The summed E-state index contributed by atoms with van der Waals surface area (Å²) in [6, 6.07) is 6.98. The van der Waals surface area contributed by atoms with Crippen molar-refractivity contribution in [1.82, 2.24) is 10.3 Å². The number of hydrogen-bond acceptors (Lipinski definition) is 3. The van der Waals surface area contributed by atoms with Crippen LogP contribution in [0.1, 0.15) is 17.3 Å². The molecule has 100 valence electrons. The molecular formula is C13H14N2O4. The van der Waals surface area contributed by atoms with Gasteiger partial charge in [-0.25, -0.2) is 4.79 Å². The van der Waals surface area contributed by atoms with E-state index in [-0.39, 0.29) is 6.54 Å². The van der Waals surface area contributed by atoms with Gasteiger partial charge in [0.15, 0.2) is 5.60 Å². The van der Waals surface area contributed by atoms with E-state index in [1.54, 1.807) is 24.4 Å². The second-order valence-electron chi connectivity index (χ2n) is 4.54. The third-order valence-corrected chi connectivity index (χ3v) is 2.87. The summed E-state index contributed by atoms with van der Waals surface area (Å²) in [6.07, 6.45) is 1.77. The summed E-state index contributed by atoms with van der Waals surface area (Å²) >= 11 is 0. The van der Waals surface area contributed by atoms with Gasteiger partial charge in [0, 0.05) is 17.3 Å². The van der Waals surface area contributed by atoms with E-state index in [4.69, 9.17) is 5.11 Å². The maximum Gasteiger partial charge on any atom is 0.337 e.